The predicted molar refractivity (Wildman–Crippen MR) is 82.1 cm³/mol. The molecule has 0 nitrogen and oxygen atoms in total. The second kappa shape index (κ2) is 4.75. The normalized spacial score (nSPS) is 10.8. The fourth-order valence-electron chi connectivity index (χ4n) is 2.06. The van der Waals surface area contributed by atoms with Crippen LogP contribution >= 0.6 is 27.5 Å². The van der Waals surface area contributed by atoms with Crippen molar-refractivity contribution in [2.24, 2.45) is 0 Å². The third kappa shape index (κ3) is 2.29. The first-order valence-corrected chi connectivity index (χ1v) is 6.85. The fourth-order valence-corrected chi connectivity index (χ4v) is 2.63. The van der Waals surface area contributed by atoms with Crippen LogP contribution in [0.15, 0.2) is 65.1 Å². The number of fused-ring (bicyclic) bond motifs is 1. The molecule has 0 radical (unpaired) electrons. The zero-order chi connectivity index (χ0) is 12.5. The molecule has 0 aromatic heterocycles. The summed E-state index contributed by atoms with van der Waals surface area (Å²) in [6.45, 7) is 0. The molecule has 0 unspecified atom stereocenters. The Morgan fingerprint density at radius 1 is 0.722 bits per heavy atom. The molecule has 3 aromatic rings. The Labute approximate surface area is 119 Å². The van der Waals surface area contributed by atoms with Gasteiger partial charge in [-0.3, -0.25) is 0 Å². The van der Waals surface area contributed by atoms with Gasteiger partial charge in [0, 0.05) is 9.50 Å². The van der Waals surface area contributed by atoms with Crippen molar-refractivity contribution in [3.05, 3.63) is 70.2 Å². The molecule has 2 heteroatoms. The molecule has 0 amide bonds. The number of benzene rings is 3. The van der Waals surface area contributed by atoms with Gasteiger partial charge in [0.2, 0.25) is 0 Å². The van der Waals surface area contributed by atoms with Gasteiger partial charge in [0.15, 0.2) is 0 Å². The van der Waals surface area contributed by atoms with Crippen molar-refractivity contribution in [2.75, 3.05) is 0 Å². The number of hydrogen-bond acceptors (Lipinski definition) is 0. The van der Waals surface area contributed by atoms with Crippen LogP contribution in [0.3, 0.4) is 0 Å². The summed E-state index contributed by atoms with van der Waals surface area (Å²) in [5.41, 5.74) is 2.33. The highest BCUT2D eigenvalue weighted by Crippen LogP contribution is 2.27. The van der Waals surface area contributed by atoms with Crippen LogP contribution in [0, 0.1) is 0 Å². The highest BCUT2D eigenvalue weighted by atomic mass is 79.9. The molecule has 0 fully saturated rings. The molecule has 3 aromatic carbocycles. The van der Waals surface area contributed by atoms with Gasteiger partial charge in [-0.1, -0.05) is 57.9 Å². The molecule has 0 spiro atoms. The van der Waals surface area contributed by atoms with Crippen LogP contribution in [0.5, 0.6) is 0 Å². The van der Waals surface area contributed by atoms with Crippen molar-refractivity contribution in [2.45, 2.75) is 0 Å². The molecule has 0 aliphatic rings. The van der Waals surface area contributed by atoms with Crippen molar-refractivity contribution in [3.63, 3.8) is 0 Å². The Hall–Kier alpha value is -1.31. The summed E-state index contributed by atoms with van der Waals surface area (Å²) in [5, 5.41) is 3.23. The summed E-state index contributed by atoms with van der Waals surface area (Å²) in [6.07, 6.45) is 0. The molecule has 0 N–H and O–H groups in total. The van der Waals surface area contributed by atoms with Crippen LogP contribution < -0.4 is 0 Å². The Kier molecular flexibility index (Phi) is 3.11. The maximum atomic E-state index is 6.03. The quantitative estimate of drug-likeness (QED) is 0.522. The van der Waals surface area contributed by atoms with Gasteiger partial charge in [-0.25, -0.2) is 0 Å². The largest absolute Gasteiger partial charge is 0.0843 e. The monoisotopic (exact) mass is 316 g/mol. The first kappa shape index (κ1) is 11.8. The highest BCUT2D eigenvalue weighted by Gasteiger charge is 2.01. The van der Waals surface area contributed by atoms with Gasteiger partial charge in [-0.15, -0.1) is 0 Å². The lowest BCUT2D eigenvalue weighted by Gasteiger charge is -2.05. The maximum absolute atomic E-state index is 6.03. The predicted octanol–water partition coefficient (Wildman–Crippen LogP) is 5.92. The first-order chi connectivity index (χ1) is 8.72. The zero-order valence-electron chi connectivity index (χ0n) is 9.53. The summed E-state index contributed by atoms with van der Waals surface area (Å²) in [5.74, 6) is 0. The van der Waals surface area contributed by atoms with Crippen molar-refractivity contribution in [3.8, 4) is 11.1 Å². The Balaban J connectivity index is 2.16. The number of halogens is 2. The molecule has 0 heterocycles. The van der Waals surface area contributed by atoms with Crippen LogP contribution in [0.4, 0.5) is 0 Å². The van der Waals surface area contributed by atoms with Gasteiger partial charge in [0.1, 0.15) is 0 Å². The Bertz CT molecular complexity index is 719. The van der Waals surface area contributed by atoms with E-state index in [9.17, 15) is 0 Å². The van der Waals surface area contributed by atoms with E-state index >= 15 is 0 Å². The van der Waals surface area contributed by atoms with E-state index in [0.29, 0.717) is 0 Å². The summed E-state index contributed by atoms with van der Waals surface area (Å²) >= 11 is 9.52. The minimum absolute atomic E-state index is 0.767. The summed E-state index contributed by atoms with van der Waals surface area (Å²) < 4.78 is 1.10. The van der Waals surface area contributed by atoms with E-state index in [2.05, 4.69) is 58.4 Å². The summed E-state index contributed by atoms with van der Waals surface area (Å²) in [6, 6.07) is 20.7. The van der Waals surface area contributed by atoms with Gasteiger partial charge in [-0.2, -0.15) is 0 Å². The zero-order valence-corrected chi connectivity index (χ0v) is 11.9. The molecule has 88 valence electrons. The average molecular weight is 318 g/mol. The lowest BCUT2D eigenvalue weighted by Crippen LogP contribution is -1.79. The molecular formula is C16H10BrCl. The van der Waals surface area contributed by atoms with E-state index in [-0.39, 0.29) is 0 Å². The molecule has 18 heavy (non-hydrogen) atoms. The van der Waals surface area contributed by atoms with Crippen molar-refractivity contribution >= 4 is 38.3 Å². The Morgan fingerprint density at radius 2 is 1.44 bits per heavy atom. The van der Waals surface area contributed by atoms with Crippen LogP contribution in [0.2, 0.25) is 5.02 Å². The fraction of sp³-hybridized carbons (Fsp3) is 0. The van der Waals surface area contributed by atoms with Crippen molar-refractivity contribution in [1.82, 2.24) is 0 Å². The smallest absolute Gasteiger partial charge is 0.0412 e. The molecule has 3 rings (SSSR count). The van der Waals surface area contributed by atoms with Crippen LogP contribution in [0.25, 0.3) is 21.9 Å². The van der Waals surface area contributed by atoms with E-state index in [1.807, 2.05) is 18.2 Å². The molecule has 0 aliphatic heterocycles. The van der Waals surface area contributed by atoms with E-state index < -0.39 is 0 Å². The van der Waals surface area contributed by atoms with Gasteiger partial charge in [-0.05, 0) is 52.2 Å². The average Bonchev–Trinajstić information content (AvgIpc) is 2.38. The SMILES string of the molecule is Clc1cccc(-c2ccc3cc(Br)ccc3c2)c1. The maximum Gasteiger partial charge on any atom is 0.0412 e. The molecule has 0 atom stereocenters. The van der Waals surface area contributed by atoms with Gasteiger partial charge in [0.05, 0.1) is 0 Å². The molecular weight excluding hydrogens is 308 g/mol. The molecule has 0 saturated heterocycles. The second-order valence-corrected chi connectivity index (χ2v) is 5.57. The van der Waals surface area contributed by atoms with Gasteiger partial charge < -0.3 is 0 Å². The molecule has 0 saturated carbocycles. The lowest BCUT2D eigenvalue weighted by molar-refractivity contribution is 1.63. The number of hydrogen-bond donors (Lipinski definition) is 0. The highest BCUT2D eigenvalue weighted by molar-refractivity contribution is 9.10. The van der Waals surface area contributed by atoms with Crippen LogP contribution in [-0.4, -0.2) is 0 Å². The first-order valence-electron chi connectivity index (χ1n) is 5.68. The molecule has 0 bridgehead atoms. The second-order valence-electron chi connectivity index (χ2n) is 4.22. The van der Waals surface area contributed by atoms with E-state index in [1.165, 1.54) is 16.3 Å². The van der Waals surface area contributed by atoms with E-state index in [0.717, 1.165) is 15.1 Å². The minimum atomic E-state index is 0.767. The standard InChI is InChI=1S/C16H10BrCl/c17-15-7-6-13-8-12(4-5-14(13)9-15)11-2-1-3-16(18)10-11/h1-10H. The van der Waals surface area contributed by atoms with Gasteiger partial charge in [0.25, 0.3) is 0 Å². The lowest BCUT2D eigenvalue weighted by atomic mass is 10.0. The van der Waals surface area contributed by atoms with Crippen LogP contribution in [-0.2, 0) is 0 Å². The molecule has 0 aliphatic carbocycles. The number of rotatable bonds is 1. The van der Waals surface area contributed by atoms with E-state index in [1.54, 1.807) is 0 Å². The Morgan fingerprint density at radius 3 is 2.28 bits per heavy atom. The summed E-state index contributed by atoms with van der Waals surface area (Å²) in [4.78, 5) is 0. The minimum Gasteiger partial charge on any atom is -0.0843 e. The van der Waals surface area contributed by atoms with Crippen molar-refractivity contribution < 1.29 is 0 Å². The topological polar surface area (TPSA) is 0 Å². The van der Waals surface area contributed by atoms with Crippen molar-refractivity contribution in [1.29, 1.82) is 0 Å². The third-order valence-electron chi connectivity index (χ3n) is 2.96. The third-order valence-corrected chi connectivity index (χ3v) is 3.69. The van der Waals surface area contributed by atoms with Gasteiger partial charge >= 0.3 is 0 Å². The summed E-state index contributed by atoms with van der Waals surface area (Å²) in [7, 11) is 0. The van der Waals surface area contributed by atoms with Crippen LogP contribution in [0.1, 0.15) is 0 Å². The van der Waals surface area contributed by atoms with E-state index in [4.69, 9.17) is 11.6 Å².